The molecule has 4 fully saturated rings. The number of nitrogens with one attached hydrogen (secondary N) is 1. The molecular weight excluding hydrogens is 536 g/mol. The first-order valence-electron chi connectivity index (χ1n) is 13.6. The van der Waals surface area contributed by atoms with E-state index in [4.69, 9.17) is 4.74 Å². The van der Waals surface area contributed by atoms with Crippen LogP contribution in [0, 0.1) is 20.2 Å². The number of carbonyl (C=O) groups excluding carboxylic acids is 1. The summed E-state index contributed by atoms with van der Waals surface area (Å²) in [4.78, 5) is 44.6. The van der Waals surface area contributed by atoms with E-state index in [0.717, 1.165) is 63.9 Å². The molecule has 41 heavy (non-hydrogen) atoms. The van der Waals surface area contributed by atoms with Crippen molar-refractivity contribution in [2.24, 2.45) is 0 Å². The van der Waals surface area contributed by atoms with Crippen molar-refractivity contribution in [3.8, 4) is 0 Å². The van der Waals surface area contributed by atoms with Gasteiger partial charge in [-0.05, 0) is 45.8 Å². The van der Waals surface area contributed by atoms with Gasteiger partial charge < -0.3 is 44.8 Å². The first-order valence-corrected chi connectivity index (χ1v) is 13.6. The van der Waals surface area contributed by atoms with Crippen molar-refractivity contribution in [2.45, 2.75) is 32.0 Å². The van der Waals surface area contributed by atoms with E-state index in [9.17, 15) is 25.0 Å². The summed E-state index contributed by atoms with van der Waals surface area (Å²) in [5.41, 5.74) is 1.90. The molecule has 4 aliphatic rings. The molecule has 2 aromatic heterocycles. The van der Waals surface area contributed by atoms with Crippen LogP contribution in [0.3, 0.4) is 0 Å². The second-order valence-electron chi connectivity index (χ2n) is 10.3. The van der Waals surface area contributed by atoms with Gasteiger partial charge in [-0.25, -0.2) is 0 Å². The van der Waals surface area contributed by atoms with Crippen molar-refractivity contribution in [1.29, 1.82) is 0 Å². The minimum Gasteiger partial charge on any atom is -0.378 e. The van der Waals surface area contributed by atoms with Crippen LogP contribution in [-0.4, -0.2) is 114 Å². The van der Waals surface area contributed by atoms with Gasteiger partial charge in [0.15, 0.2) is 18.2 Å². The summed E-state index contributed by atoms with van der Waals surface area (Å²) in [5, 5.41) is 24.4. The molecule has 4 saturated heterocycles. The third-order valence-electron chi connectivity index (χ3n) is 7.33. The first-order chi connectivity index (χ1) is 19.7. The van der Waals surface area contributed by atoms with Crippen LogP contribution in [0.25, 0.3) is 0 Å². The van der Waals surface area contributed by atoms with Crippen LogP contribution in [-0.2, 0) is 14.3 Å². The smallest absolute Gasteiger partial charge is 0.363 e. The van der Waals surface area contributed by atoms with Crippen molar-refractivity contribution in [3.63, 3.8) is 0 Å². The van der Waals surface area contributed by atoms with Gasteiger partial charge in [-0.1, -0.05) is 0 Å². The zero-order valence-corrected chi connectivity index (χ0v) is 23.3. The van der Waals surface area contributed by atoms with Crippen LogP contribution in [0.2, 0.25) is 0 Å². The fourth-order valence-electron chi connectivity index (χ4n) is 4.86. The summed E-state index contributed by atoms with van der Waals surface area (Å²) in [6.45, 7) is 12.3. The van der Waals surface area contributed by atoms with Gasteiger partial charge >= 0.3 is 11.6 Å². The Bertz CT molecular complexity index is 1170. The predicted molar refractivity (Wildman–Crippen MR) is 150 cm³/mol. The number of carbonyl (C=O) groups is 1. The Morgan fingerprint density at radius 1 is 0.854 bits per heavy atom. The number of aromatic nitrogens is 2. The van der Waals surface area contributed by atoms with Crippen LogP contribution in [0.15, 0.2) is 36.7 Å². The zero-order chi connectivity index (χ0) is 29.4. The van der Waals surface area contributed by atoms with Crippen LogP contribution < -0.4 is 15.1 Å². The van der Waals surface area contributed by atoms with E-state index >= 15 is 0 Å². The Hall–Kier alpha value is -3.79. The fourth-order valence-corrected chi connectivity index (χ4v) is 4.86. The lowest BCUT2D eigenvalue weighted by molar-refractivity contribution is -0.389. The number of nitrogens with zero attached hydrogens (tertiary/aromatic N) is 7. The van der Waals surface area contributed by atoms with Crippen molar-refractivity contribution >= 4 is 28.8 Å². The van der Waals surface area contributed by atoms with Gasteiger partial charge in [-0.3, -0.25) is 9.69 Å². The molecule has 15 heteroatoms. The quantitative estimate of drug-likeness (QED) is 0.402. The number of pyridine rings is 2. The Balaban J connectivity index is 0.000000164. The third-order valence-corrected chi connectivity index (χ3v) is 7.33. The van der Waals surface area contributed by atoms with E-state index in [1.807, 2.05) is 0 Å². The molecule has 0 aromatic carbocycles. The molecule has 0 saturated carbocycles. The van der Waals surface area contributed by atoms with E-state index in [1.54, 1.807) is 24.5 Å². The minimum absolute atomic E-state index is 0.105. The van der Waals surface area contributed by atoms with E-state index in [1.165, 1.54) is 12.1 Å². The summed E-state index contributed by atoms with van der Waals surface area (Å²) in [7, 11) is 0. The summed E-state index contributed by atoms with van der Waals surface area (Å²) in [6.07, 6.45) is 3.16. The van der Waals surface area contributed by atoms with Gasteiger partial charge in [0.25, 0.3) is 0 Å². The normalized spacial score (nSPS) is 22.7. The lowest BCUT2D eigenvalue weighted by Crippen LogP contribution is -2.59. The lowest BCUT2D eigenvalue weighted by atomic mass is 10.1. The molecule has 6 heterocycles. The van der Waals surface area contributed by atoms with Crippen LogP contribution in [0.4, 0.5) is 23.0 Å². The van der Waals surface area contributed by atoms with Gasteiger partial charge in [-0.15, -0.1) is 0 Å². The monoisotopic (exact) mass is 572 g/mol. The summed E-state index contributed by atoms with van der Waals surface area (Å²) in [6, 6.07) is 7.77. The van der Waals surface area contributed by atoms with E-state index < -0.39 is 9.85 Å². The van der Waals surface area contributed by atoms with Crippen LogP contribution in [0.1, 0.15) is 13.8 Å². The average molecular weight is 573 g/mol. The van der Waals surface area contributed by atoms with Crippen molar-refractivity contribution < 1.29 is 24.1 Å². The lowest BCUT2D eigenvalue weighted by Gasteiger charge is -2.46. The largest absolute Gasteiger partial charge is 0.378 e. The van der Waals surface area contributed by atoms with E-state index in [0.29, 0.717) is 31.3 Å². The zero-order valence-electron chi connectivity index (χ0n) is 23.3. The van der Waals surface area contributed by atoms with Gasteiger partial charge in [-0.2, -0.15) is 0 Å². The molecule has 1 N–H and O–H groups in total. The molecular formula is C26H36N8O7. The Morgan fingerprint density at radius 2 is 1.41 bits per heavy atom. The Kier molecular flexibility index (Phi) is 10.5. The maximum atomic E-state index is 10.6. The number of ketones is 1. The highest BCUT2D eigenvalue weighted by Gasteiger charge is 2.32. The van der Waals surface area contributed by atoms with Gasteiger partial charge in [0, 0.05) is 63.5 Å². The number of piperazine rings is 2. The van der Waals surface area contributed by atoms with Crippen molar-refractivity contribution in [3.05, 3.63) is 56.9 Å². The first kappa shape index (κ1) is 30.2. The number of hydrogen-bond acceptors (Lipinski definition) is 13. The molecule has 2 aromatic rings. The molecule has 2 atom stereocenters. The SMILES string of the molecule is C[C@H]1CN(C2COC2)CCN1c1ccc([N+](=O)[O-])nc1.C[C@H]1CNCCN1c1ccc([N+](=O)[O-])nc1.O=C1COC1. The maximum absolute atomic E-state index is 10.6. The molecule has 0 unspecified atom stereocenters. The van der Waals surface area contributed by atoms with Crippen molar-refractivity contribution in [2.75, 3.05) is 75.5 Å². The summed E-state index contributed by atoms with van der Waals surface area (Å²) < 4.78 is 9.73. The number of ether oxygens (including phenoxy) is 2. The molecule has 222 valence electrons. The maximum Gasteiger partial charge on any atom is 0.363 e. The molecule has 0 bridgehead atoms. The Labute approximate surface area is 237 Å². The highest BCUT2D eigenvalue weighted by atomic mass is 16.6. The molecule has 0 spiro atoms. The average Bonchev–Trinajstić information content (AvgIpc) is 2.92. The molecule has 0 amide bonds. The fraction of sp³-hybridized carbons (Fsp3) is 0.577. The van der Waals surface area contributed by atoms with E-state index in [-0.39, 0.29) is 17.4 Å². The number of Topliss-reactive ketones (excluding diaryl/α,β-unsaturated/α-hetero) is 1. The summed E-state index contributed by atoms with van der Waals surface area (Å²) >= 11 is 0. The number of rotatable bonds is 5. The Morgan fingerprint density at radius 3 is 1.78 bits per heavy atom. The summed E-state index contributed by atoms with van der Waals surface area (Å²) in [5.74, 6) is 0.00296. The second-order valence-corrected chi connectivity index (χ2v) is 10.3. The molecule has 4 aliphatic heterocycles. The highest BCUT2D eigenvalue weighted by molar-refractivity contribution is 5.84. The minimum atomic E-state index is -0.481. The van der Waals surface area contributed by atoms with Crippen LogP contribution in [0.5, 0.6) is 0 Å². The predicted octanol–water partition coefficient (Wildman–Crippen LogP) is 1.27. The molecule has 15 nitrogen and oxygen atoms in total. The number of nitro groups is 2. The van der Waals surface area contributed by atoms with Gasteiger partial charge in [0.05, 0.1) is 30.6 Å². The molecule has 6 rings (SSSR count). The third kappa shape index (κ3) is 8.13. The van der Waals surface area contributed by atoms with Crippen LogP contribution >= 0.6 is 0 Å². The van der Waals surface area contributed by atoms with Crippen molar-refractivity contribution in [1.82, 2.24) is 20.2 Å². The topological polar surface area (TPSA) is 169 Å². The number of anilines is 2. The molecule has 0 radical (unpaired) electrons. The van der Waals surface area contributed by atoms with Gasteiger partial charge in [0.1, 0.15) is 13.2 Å². The van der Waals surface area contributed by atoms with Gasteiger partial charge in [0.2, 0.25) is 0 Å². The second kappa shape index (κ2) is 14.2. The standard InChI is InChI=1S/C13H18N4O3.C10H14N4O2.C3H4O2/c1-10-7-15(12-8-20-9-12)4-5-16(10)11-2-3-13(14-6-11)17(18)19;1-8-6-11-4-5-13(8)9-2-3-10(12-7-9)14(15)16;4-3-1-5-2-3/h2-3,6,10,12H,4-5,7-9H2,1H3;2-3,7-8,11H,4-6H2,1H3;1-2H2/t10-;8-;/m00./s1. The molecule has 0 aliphatic carbocycles. The number of hydrogen-bond donors (Lipinski definition) is 1. The van der Waals surface area contributed by atoms with E-state index in [2.05, 4.69) is 48.6 Å². The highest BCUT2D eigenvalue weighted by Crippen LogP contribution is 2.24.